The summed E-state index contributed by atoms with van der Waals surface area (Å²) < 4.78 is 39.6. The second kappa shape index (κ2) is 10.9. The summed E-state index contributed by atoms with van der Waals surface area (Å²) in [5, 5.41) is 27.7. The molecule has 0 saturated carbocycles. The van der Waals surface area contributed by atoms with E-state index in [0.29, 0.717) is 18.6 Å². The molecule has 204 valence electrons. The van der Waals surface area contributed by atoms with Crippen molar-refractivity contribution in [2.24, 2.45) is 5.92 Å². The number of hydroxylamine groups is 2. The number of amides is 1. The Bertz CT molecular complexity index is 1170. The van der Waals surface area contributed by atoms with Gasteiger partial charge in [0.25, 0.3) is 11.4 Å². The minimum Gasteiger partial charge on any atom is -0.360 e. The largest absolute Gasteiger partial charge is 0.416 e. The van der Waals surface area contributed by atoms with Crippen LogP contribution in [-0.2, 0) is 15.8 Å². The summed E-state index contributed by atoms with van der Waals surface area (Å²) in [7, 11) is 1.83. The van der Waals surface area contributed by atoms with Crippen molar-refractivity contribution in [2.45, 2.75) is 37.6 Å². The second-order valence-electron chi connectivity index (χ2n) is 9.32. The van der Waals surface area contributed by atoms with Gasteiger partial charge in [-0.15, -0.1) is 0 Å². The third-order valence-electron chi connectivity index (χ3n) is 6.90. The maximum Gasteiger partial charge on any atom is 0.416 e. The van der Waals surface area contributed by atoms with Gasteiger partial charge in [0, 0.05) is 44.7 Å². The van der Waals surface area contributed by atoms with Gasteiger partial charge in [0.15, 0.2) is 5.69 Å². The van der Waals surface area contributed by atoms with Crippen molar-refractivity contribution < 1.29 is 32.6 Å². The molecule has 2 aromatic rings. The summed E-state index contributed by atoms with van der Waals surface area (Å²) in [6.45, 7) is 0.344. The first-order valence-corrected chi connectivity index (χ1v) is 12.0. The fourth-order valence-corrected chi connectivity index (χ4v) is 4.99. The molecule has 2 saturated heterocycles. The number of rotatable bonds is 7. The van der Waals surface area contributed by atoms with E-state index in [0.717, 1.165) is 5.56 Å². The van der Waals surface area contributed by atoms with Gasteiger partial charge in [-0.3, -0.25) is 29.9 Å². The molecule has 0 radical (unpaired) electrons. The van der Waals surface area contributed by atoms with Gasteiger partial charge in [0.1, 0.15) is 0 Å². The van der Waals surface area contributed by atoms with Crippen molar-refractivity contribution in [1.29, 1.82) is 0 Å². The molecule has 0 spiro atoms. The molecular formula is C24H26F3N5O6. The Labute approximate surface area is 215 Å². The number of hydrogen-bond donors (Lipinski definition) is 1. The van der Waals surface area contributed by atoms with Gasteiger partial charge in [-0.2, -0.15) is 18.2 Å². The Morgan fingerprint density at radius 3 is 2.18 bits per heavy atom. The molecule has 2 atom stereocenters. The Hall–Kier alpha value is -3.78. The zero-order valence-corrected chi connectivity index (χ0v) is 20.4. The fourth-order valence-electron chi connectivity index (χ4n) is 4.99. The maximum absolute atomic E-state index is 13.2. The van der Waals surface area contributed by atoms with Gasteiger partial charge in [-0.1, -0.05) is 30.3 Å². The van der Waals surface area contributed by atoms with Crippen molar-refractivity contribution >= 4 is 23.0 Å². The van der Waals surface area contributed by atoms with Gasteiger partial charge in [0.05, 0.1) is 27.6 Å². The van der Waals surface area contributed by atoms with Crippen LogP contribution in [0, 0.1) is 26.1 Å². The average Bonchev–Trinajstić information content (AvgIpc) is 3.26. The number of nitro groups is 2. The van der Waals surface area contributed by atoms with Crippen LogP contribution in [0.5, 0.6) is 0 Å². The van der Waals surface area contributed by atoms with E-state index in [1.165, 1.54) is 4.90 Å². The summed E-state index contributed by atoms with van der Waals surface area (Å²) in [4.78, 5) is 40.9. The lowest BCUT2D eigenvalue weighted by Crippen LogP contribution is -2.42. The monoisotopic (exact) mass is 537 g/mol. The van der Waals surface area contributed by atoms with Gasteiger partial charge >= 0.3 is 6.18 Å². The van der Waals surface area contributed by atoms with Crippen molar-refractivity contribution in [3.05, 3.63) is 73.8 Å². The third kappa shape index (κ3) is 5.86. The van der Waals surface area contributed by atoms with Crippen LogP contribution in [0.1, 0.15) is 36.4 Å². The van der Waals surface area contributed by atoms with E-state index in [-0.39, 0.29) is 50.5 Å². The molecule has 14 heteroatoms. The lowest BCUT2D eigenvalue weighted by atomic mass is 9.94. The number of nitrogens with one attached hydrogen (secondary N) is 1. The number of halogens is 3. The Morgan fingerprint density at radius 1 is 1.08 bits per heavy atom. The molecule has 2 fully saturated rings. The minimum atomic E-state index is -4.99. The summed E-state index contributed by atoms with van der Waals surface area (Å²) >= 11 is 0. The Morgan fingerprint density at radius 2 is 1.66 bits per heavy atom. The van der Waals surface area contributed by atoms with Gasteiger partial charge in [-0.25, -0.2) is 0 Å². The first-order chi connectivity index (χ1) is 18.0. The molecule has 2 aliphatic heterocycles. The highest BCUT2D eigenvalue weighted by molar-refractivity contribution is 5.80. The van der Waals surface area contributed by atoms with Crippen LogP contribution in [0.25, 0.3) is 0 Å². The molecule has 0 unspecified atom stereocenters. The third-order valence-corrected chi connectivity index (χ3v) is 6.90. The fraction of sp³-hybridized carbons (Fsp3) is 0.458. The standard InChI is InChI=1S/C24H26F3N5O6/c1-29-19(15-5-3-2-4-6-15)13-18(38-29)14-28-23(33)16-7-9-30(10-8-16)22-20(31(34)35)11-17(24(25,26)27)12-21(22)32(36)37/h2-6,11-12,16,18-19H,7-10,13-14H2,1H3,(H,28,33)/t18-,19-/m1/s1. The molecule has 0 bridgehead atoms. The molecule has 0 aliphatic carbocycles. The normalized spacial score (nSPS) is 20.9. The number of carbonyl (C=O) groups is 1. The lowest BCUT2D eigenvalue weighted by molar-refractivity contribution is -0.393. The number of nitro benzene ring substituents is 2. The number of benzene rings is 2. The molecule has 4 rings (SSSR count). The summed E-state index contributed by atoms with van der Waals surface area (Å²) in [6.07, 6.45) is -4.09. The van der Waals surface area contributed by atoms with Crippen LogP contribution < -0.4 is 10.2 Å². The van der Waals surface area contributed by atoms with Gasteiger partial charge in [0.2, 0.25) is 5.91 Å². The number of anilines is 1. The first-order valence-electron chi connectivity index (χ1n) is 12.0. The molecule has 2 aliphatic rings. The zero-order chi connectivity index (χ0) is 27.6. The number of alkyl halides is 3. The van der Waals surface area contributed by atoms with Crippen molar-refractivity contribution in [2.75, 3.05) is 31.6 Å². The topological polar surface area (TPSA) is 131 Å². The smallest absolute Gasteiger partial charge is 0.360 e. The Kier molecular flexibility index (Phi) is 7.83. The molecular weight excluding hydrogens is 511 g/mol. The number of hydrogen-bond acceptors (Lipinski definition) is 8. The second-order valence-corrected chi connectivity index (χ2v) is 9.32. The van der Waals surface area contributed by atoms with E-state index in [1.807, 2.05) is 37.4 Å². The van der Waals surface area contributed by atoms with Crippen molar-refractivity contribution in [3.8, 4) is 0 Å². The van der Waals surface area contributed by atoms with Crippen LogP contribution in [-0.4, -0.2) is 53.6 Å². The SMILES string of the molecule is CN1O[C@@H](CNC(=O)C2CCN(c3c([N+](=O)[O-])cc(C(F)(F)F)cc3[N+](=O)[O-])CC2)C[C@@H]1c1ccccc1. The maximum atomic E-state index is 13.2. The van der Waals surface area contributed by atoms with E-state index in [9.17, 15) is 38.2 Å². The van der Waals surface area contributed by atoms with Crippen LogP contribution in [0.15, 0.2) is 42.5 Å². The predicted molar refractivity (Wildman–Crippen MR) is 129 cm³/mol. The molecule has 0 aromatic heterocycles. The summed E-state index contributed by atoms with van der Waals surface area (Å²) in [5.74, 6) is -0.696. The number of piperidine rings is 1. The number of nitrogens with zero attached hydrogens (tertiary/aromatic N) is 4. The van der Waals surface area contributed by atoms with Crippen LogP contribution in [0.4, 0.5) is 30.2 Å². The predicted octanol–water partition coefficient (Wildman–Crippen LogP) is 4.23. The molecule has 38 heavy (non-hydrogen) atoms. The van der Waals surface area contributed by atoms with Crippen molar-refractivity contribution in [3.63, 3.8) is 0 Å². The highest BCUT2D eigenvalue weighted by Crippen LogP contribution is 2.44. The average molecular weight is 537 g/mol. The van der Waals surface area contributed by atoms with E-state index < -0.39 is 44.6 Å². The molecule has 1 N–H and O–H groups in total. The van der Waals surface area contributed by atoms with Crippen LogP contribution in [0.2, 0.25) is 0 Å². The zero-order valence-electron chi connectivity index (χ0n) is 20.4. The minimum absolute atomic E-state index is 0.0316. The van der Waals surface area contributed by atoms with Gasteiger partial charge < -0.3 is 10.2 Å². The van der Waals surface area contributed by atoms with E-state index in [1.54, 1.807) is 5.06 Å². The summed E-state index contributed by atoms with van der Waals surface area (Å²) in [5.41, 5.74) is -2.85. The molecule has 2 heterocycles. The molecule has 1 amide bonds. The molecule has 11 nitrogen and oxygen atoms in total. The Balaban J connectivity index is 1.38. The van der Waals surface area contributed by atoms with E-state index in [4.69, 9.17) is 4.84 Å². The van der Waals surface area contributed by atoms with Crippen LogP contribution >= 0.6 is 0 Å². The van der Waals surface area contributed by atoms with Gasteiger partial charge in [-0.05, 0) is 24.8 Å². The van der Waals surface area contributed by atoms with Crippen LogP contribution in [0.3, 0.4) is 0 Å². The summed E-state index contributed by atoms with van der Waals surface area (Å²) in [6, 6.07) is 10.5. The number of carbonyl (C=O) groups excluding carboxylic acids is 1. The lowest BCUT2D eigenvalue weighted by Gasteiger charge is -2.32. The molecule has 2 aromatic carbocycles. The first kappa shape index (κ1) is 27.3. The van der Waals surface area contributed by atoms with E-state index >= 15 is 0 Å². The highest BCUT2D eigenvalue weighted by Gasteiger charge is 2.40. The van der Waals surface area contributed by atoms with Crippen molar-refractivity contribution in [1.82, 2.24) is 10.4 Å². The highest BCUT2D eigenvalue weighted by atomic mass is 19.4. The van der Waals surface area contributed by atoms with E-state index in [2.05, 4.69) is 5.32 Å². The quantitative estimate of drug-likeness (QED) is 0.410.